The van der Waals surface area contributed by atoms with Crippen molar-refractivity contribution in [1.29, 1.82) is 0 Å². The van der Waals surface area contributed by atoms with Crippen LogP contribution in [-0.2, 0) is 4.79 Å². The molecule has 13 heteroatoms. The number of carbonyl (C=O) groups excluding carboxylic acids is 1. The Kier molecular flexibility index (Phi) is 9.89. The van der Waals surface area contributed by atoms with Crippen LogP contribution in [0.15, 0.2) is 47.8 Å². The molecule has 0 bridgehead atoms. The first-order valence-electron chi connectivity index (χ1n) is 16.1. The van der Waals surface area contributed by atoms with Gasteiger partial charge in [-0.05, 0) is 56.9 Å². The molecule has 1 aromatic carbocycles. The lowest BCUT2D eigenvalue weighted by Crippen LogP contribution is -2.58. The van der Waals surface area contributed by atoms with Crippen LogP contribution in [0, 0.1) is 5.82 Å². The molecule has 3 atom stereocenters. The van der Waals surface area contributed by atoms with E-state index in [0.717, 1.165) is 0 Å². The van der Waals surface area contributed by atoms with Gasteiger partial charge >= 0.3 is 5.69 Å². The van der Waals surface area contributed by atoms with E-state index in [1.807, 2.05) is 46.4 Å². The number of benzene rings is 1. The number of halogens is 2. The largest absolute Gasteiger partial charge is 0.374 e. The highest BCUT2D eigenvalue weighted by molar-refractivity contribution is 6.33. The fraction of sp³-hybridized carbons (Fsp3) is 0.429. The second-order valence-corrected chi connectivity index (χ2v) is 13.4. The molecule has 48 heavy (non-hydrogen) atoms. The Hall–Kier alpha value is -4.42. The maximum absolute atomic E-state index is 15.2. The molecular formula is C35H42ClFN8O3. The molecule has 1 aliphatic rings. The van der Waals surface area contributed by atoms with Gasteiger partial charge in [0.1, 0.15) is 17.9 Å². The van der Waals surface area contributed by atoms with E-state index in [9.17, 15) is 14.7 Å². The van der Waals surface area contributed by atoms with E-state index in [4.69, 9.17) is 26.6 Å². The number of aromatic nitrogens is 5. The number of rotatable bonds is 8. The molecule has 4 heterocycles. The lowest BCUT2D eigenvalue weighted by Gasteiger charge is -2.44. The summed E-state index contributed by atoms with van der Waals surface area (Å²) < 4.78 is 16.6. The summed E-state index contributed by atoms with van der Waals surface area (Å²) in [5.74, 6) is -0.390. The number of hydrogen-bond acceptors (Lipinski definition) is 9. The molecule has 5 rings (SSSR count). The zero-order valence-electron chi connectivity index (χ0n) is 28.6. The van der Waals surface area contributed by atoms with Crippen molar-refractivity contribution in [2.24, 2.45) is 0 Å². The van der Waals surface area contributed by atoms with Crippen LogP contribution in [0.3, 0.4) is 0 Å². The SMILES string of the molecule is C=CC(=O)N1CC(C)N(c2nc(=O)n(-c3c(C(C)C)nc(N(C)C(C)O)nc3C(C)C)c3nc(-c4ccccc4F)c(Cl)cc23)CC1C. The number of amides is 1. The maximum atomic E-state index is 15.2. The van der Waals surface area contributed by atoms with E-state index in [0.29, 0.717) is 47.3 Å². The summed E-state index contributed by atoms with van der Waals surface area (Å²) in [6.07, 6.45) is 0.436. The predicted octanol–water partition coefficient (Wildman–Crippen LogP) is 5.66. The summed E-state index contributed by atoms with van der Waals surface area (Å²) in [6.45, 7) is 17.7. The third-order valence-electron chi connectivity index (χ3n) is 8.77. The molecule has 3 unspecified atom stereocenters. The van der Waals surface area contributed by atoms with Gasteiger partial charge in [-0.1, -0.05) is 58.0 Å². The summed E-state index contributed by atoms with van der Waals surface area (Å²) in [6, 6.07) is 7.42. The normalized spacial score (nSPS) is 17.4. The maximum Gasteiger partial charge on any atom is 0.355 e. The van der Waals surface area contributed by atoms with E-state index in [2.05, 4.69) is 11.6 Å². The summed E-state index contributed by atoms with van der Waals surface area (Å²) >= 11 is 6.88. The number of piperazine rings is 1. The number of pyridine rings is 1. The van der Waals surface area contributed by atoms with E-state index in [-0.39, 0.29) is 51.8 Å². The predicted molar refractivity (Wildman–Crippen MR) is 188 cm³/mol. The summed E-state index contributed by atoms with van der Waals surface area (Å²) in [4.78, 5) is 51.6. The van der Waals surface area contributed by atoms with Crippen molar-refractivity contribution in [2.75, 3.05) is 29.9 Å². The second kappa shape index (κ2) is 13.6. The topological polar surface area (TPSA) is 121 Å². The van der Waals surface area contributed by atoms with Crippen LogP contribution in [-0.4, -0.2) is 78.9 Å². The molecule has 1 amide bonds. The van der Waals surface area contributed by atoms with E-state index in [1.165, 1.54) is 16.7 Å². The van der Waals surface area contributed by atoms with Gasteiger partial charge in [0.05, 0.1) is 33.2 Å². The molecule has 3 aromatic heterocycles. The third kappa shape index (κ3) is 6.26. The Morgan fingerprint density at radius 3 is 2.23 bits per heavy atom. The quantitative estimate of drug-likeness (QED) is 0.186. The Morgan fingerprint density at radius 1 is 1.04 bits per heavy atom. The van der Waals surface area contributed by atoms with E-state index in [1.54, 1.807) is 48.0 Å². The van der Waals surface area contributed by atoms with Gasteiger partial charge in [-0.2, -0.15) is 4.98 Å². The standard InChI is InChI=1S/C35H42ClFN8O3/c1-10-27(47)43-16-21(7)44(17-20(43)6)32-24-15-25(36)30(23-13-11-12-14-26(23)37)38-33(24)45(35(48)41-32)31-28(18(2)3)39-34(42(9)22(8)46)40-29(31)19(4)5/h10-15,18-22,46H,1,16-17H2,2-9H3. The zero-order chi connectivity index (χ0) is 35.2. The molecule has 1 fully saturated rings. The van der Waals surface area contributed by atoms with Crippen LogP contribution in [0.25, 0.3) is 28.0 Å². The molecule has 4 aromatic rings. The highest BCUT2D eigenvalue weighted by atomic mass is 35.5. The van der Waals surface area contributed by atoms with Gasteiger partial charge in [0.2, 0.25) is 11.9 Å². The van der Waals surface area contributed by atoms with Crippen molar-refractivity contribution in [3.63, 3.8) is 0 Å². The number of fused-ring (bicyclic) bond motifs is 1. The minimum absolute atomic E-state index is 0.166. The molecular weight excluding hydrogens is 635 g/mol. The summed E-state index contributed by atoms with van der Waals surface area (Å²) in [5, 5.41) is 11.0. The van der Waals surface area contributed by atoms with Crippen LogP contribution in [0.1, 0.15) is 71.7 Å². The average molecular weight is 677 g/mol. The zero-order valence-corrected chi connectivity index (χ0v) is 29.3. The van der Waals surface area contributed by atoms with Crippen LogP contribution in [0.2, 0.25) is 5.02 Å². The monoisotopic (exact) mass is 676 g/mol. The molecule has 0 spiro atoms. The van der Waals surface area contributed by atoms with Crippen LogP contribution < -0.4 is 15.5 Å². The number of nitrogens with zero attached hydrogens (tertiary/aromatic N) is 8. The molecule has 254 valence electrons. The minimum atomic E-state index is -0.862. The number of hydrogen-bond donors (Lipinski definition) is 1. The third-order valence-corrected chi connectivity index (χ3v) is 9.05. The first-order valence-corrected chi connectivity index (χ1v) is 16.4. The Morgan fingerprint density at radius 2 is 1.67 bits per heavy atom. The van der Waals surface area contributed by atoms with Gasteiger partial charge in [-0.3, -0.25) is 4.79 Å². The smallest absolute Gasteiger partial charge is 0.355 e. The van der Waals surface area contributed by atoms with Crippen molar-refractivity contribution in [2.45, 2.75) is 78.6 Å². The Labute approximate surface area is 284 Å². The lowest BCUT2D eigenvalue weighted by molar-refractivity contribution is -0.128. The lowest BCUT2D eigenvalue weighted by atomic mass is 10.0. The van der Waals surface area contributed by atoms with Gasteiger partial charge in [0, 0.05) is 37.8 Å². The van der Waals surface area contributed by atoms with Gasteiger partial charge < -0.3 is 19.8 Å². The first-order chi connectivity index (χ1) is 22.7. The van der Waals surface area contributed by atoms with Crippen LogP contribution in [0.4, 0.5) is 16.2 Å². The van der Waals surface area contributed by atoms with E-state index >= 15 is 4.39 Å². The highest BCUT2D eigenvalue weighted by Crippen LogP contribution is 2.38. The molecule has 1 saturated heterocycles. The minimum Gasteiger partial charge on any atom is -0.374 e. The molecule has 0 radical (unpaired) electrons. The van der Waals surface area contributed by atoms with Gasteiger partial charge in [0.15, 0.2) is 5.65 Å². The number of carbonyl (C=O) groups is 1. The van der Waals surface area contributed by atoms with Gasteiger partial charge in [-0.15, -0.1) is 0 Å². The highest BCUT2D eigenvalue weighted by Gasteiger charge is 2.34. The van der Waals surface area contributed by atoms with Crippen molar-refractivity contribution < 1.29 is 14.3 Å². The van der Waals surface area contributed by atoms with Crippen LogP contribution in [0.5, 0.6) is 0 Å². The molecule has 1 aliphatic heterocycles. The Balaban J connectivity index is 1.88. The van der Waals surface area contributed by atoms with Crippen molar-refractivity contribution in [3.8, 4) is 16.9 Å². The molecule has 11 nitrogen and oxygen atoms in total. The van der Waals surface area contributed by atoms with Gasteiger partial charge in [0.25, 0.3) is 0 Å². The number of aliphatic hydroxyl groups is 1. The van der Waals surface area contributed by atoms with Crippen molar-refractivity contribution >= 4 is 40.3 Å². The summed E-state index contributed by atoms with van der Waals surface area (Å²) in [5.41, 5.74) is 1.46. The van der Waals surface area contributed by atoms with Crippen molar-refractivity contribution in [3.05, 3.63) is 75.7 Å². The van der Waals surface area contributed by atoms with Gasteiger partial charge in [-0.25, -0.2) is 28.7 Å². The summed E-state index contributed by atoms with van der Waals surface area (Å²) in [7, 11) is 1.70. The molecule has 0 saturated carbocycles. The van der Waals surface area contributed by atoms with Crippen molar-refractivity contribution in [1.82, 2.24) is 29.4 Å². The molecule has 0 aliphatic carbocycles. The fourth-order valence-electron chi connectivity index (χ4n) is 6.05. The number of aliphatic hydroxyl groups excluding tert-OH is 1. The number of anilines is 2. The second-order valence-electron chi connectivity index (χ2n) is 13.0. The van der Waals surface area contributed by atoms with E-state index < -0.39 is 17.7 Å². The van der Waals surface area contributed by atoms with Crippen LogP contribution >= 0.6 is 11.6 Å². The molecule has 1 N–H and O–H groups in total. The average Bonchev–Trinajstić information content (AvgIpc) is 3.04. The Bertz CT molecular complexity index is 1920. The fourth-order valence-corrected chi connectivity index (χ4v) is 6.30. The first kappa shape index (κ1) is 34.9.